The second-order valence-corrected chi connectivity index (χ2v) is 17.7. The predicted octanol–water partition coefficient (Wildman–Crippen LogP) is 5.35. The Morgan fingerprint density at radius 1 is 0.979 bits per heavy atom. The molecule has 262 valence electrons. The minimum absolute atomic E-state index is 0.0177. The molecular formula is C36H58BN3O7. The molecule has 0 aromatic rings. The van der Waals surface area contributed by atoms with Crippen LogP contribution in [0.4, 0.5) is 4.79 Å². The monoisotopic (exact) mass is 655 g/mol. The van der Waals surface area contributed by atoms with Crippen LogP contribution < -0.4 is 10.6 Å². The van der Waals surface area contributed by atoms with Crippen molar-refractivity contribution in [2.45, 2.75) is 168 Å². The zero-order valence-electron chi connectivity index (χ0n) is 30.0. The Bertz CT molecular complexity index is 1270. The van der Waals surface area contributed by atoms with E-state index in [1.807, 2.05) is 11.8 Å². The molecule has 6 atom stereocenters. The van der Waals surface area contributed by atoms with Crippen molar-refractivity contribution in [3.8, 4) is 0 Å². The summed E-state index contributed by atoms with van der Waals surface area (Å²) < 4.78 is 19.0. The third-order valence-corrected chi connectivity index (χ3v) is 13.3. The highest BCUT2D eigenvalue weighted by atomic mass is 16.7. The molecule has 47 heavy (non-hydrogen) atoms. The molecule has 2 saturated heterocycles. The van der Waals surface area contributed by atoms with Gasteiger partial charge in [-0.1, -0.05) is 47.0 Å². The number of hydrogen-bond acceptors (Lipinski definition) is 7. The fourth-order valence-electron chi connectivity index (χ4n) is 10.6. The van der Waals surface area contributed by atoms with Gasteiger partial charge in [-0.05, 0) is 95.8 Å². The van der Waals surface area contributed by atoms with Gasteiger partial charge < -0.3 is 29.6 Å². The van der Waals surface area contributed by atoms with Crippen LogP contribution in [-0.4, -0.2) is 77.6 Å². The molecule has 9 fully saturated rings. The first-order valence-electron chi connectivity index (χ1n) is 18.4. The lowest BCUT2D eigenvalue weighted by Gasteiger charge is -2.89. The fraction of sp³-hybridized carbons (Fsp3) is 0.889. The third kappa shape index (κ3) is 5.73. The lowest BCUT2D eigenvalue weighted by Crippen LogP contribution is -2.86. The molecule has 2 N–H and O–H groups in total. The number of carbonyl (C=O) groups excluding carboxylic acids is 4. The summed E-state index contributed by atoms with van der Waals surface area (Å²) in [7, 11) is -0.461. The van der Waals surface area contributed by atoms with Gasteiger partial charge in [-0.25, -0.2) is 4.79 Å². The summed E-state index contributed by atoms with van der Waals surface area (Å²) in [6.45, 7) is 16.6. The lowest BCUT2D eigenvalue weighted by molar-refractivity contribution is -0.422. The number of likely N-dealkylation sites (tertiary alicyclic amines) is 1. The van der Waals surface area contributed by atoms with Crippen molar-refractivity contribution in [3.05, 3.63) is 0 Å². The van der Waals surface area contributed by atoms with E-state index in [9.17, 15) is 19.2 Å². The number of hydrogen-bond donors (Lipinski definition) is 2. The first-order chi connectivity index (χ1) is 22.0. The van der Waals surface area contributed by atoms with E-state index < -0.39 is 36.8 Å². The number of amides is 3. The number of ketones is 1. The van der Waals surface area contributed by atoms with Crippen LogP contribution >= 0.6 is 0 Å². The maximum atomic E-state index is 14.0. The highest BCUT2D eigenvalue weighted by molar-refractivity contribution is 6.48. The Kier molecular flexibility index (Phi) is 8.88. The molecule has 9 rings (SSSR count). The quantitative estimate of drug-likeness (QED) is 0.304. The van der Waals surface area contributed by atoms with Crippen molar-refractivity contribution >= 4 is 30.8 Å². The number of nitrogens with zero attached hydrogens (tertiary/aromatic N) is 1. The molecule has 0 radical (unpaired) electrons. The minimum Gasteiger partial charge on any atom is -0.444 e. The molecular weight excluding hydrogens is 597 g/mol. The molecule has 7 aliphatic carbocycles. The molecule has 2 bridgehead atoms. The molecule has 10 nitrogen and oxygen atoms in total. The zero-order chi connectivity index (χ0) is 34.2. The predicted molar refractivity (Wildman–Crippen MR) is 178 cm³/mol. The smallest absolute Gasteiger partial charge is 0.444 e. The van der Waals surface area contributed by atoms with Crippen LogP contribution in [-0.2, 0) is 28.4 Å². The van der Waals surface area contributed by atoms with Gasteiger partial charge in [-0.2, -0.15) is 0 Å². The van der Waals surface area contributed by atoms with E-state index in [0.717, 1.165) is 51.4 Å². The SMILES string of the molecule is CCC(NC(=O)C(C)CC(=O)C(NC(=O)OC(C)(C)C)C1CCCCC1)C(=O)N1CCCC1B1OC2C34CC(C3)(C[C@]2(C)O1)C4(C)C. The number of rotatable bonds is 10. The van der Waals surface area contributed by atoms with Gasteiger partial charge >= 0.3 is 13.2 Å². The molecule has 0 aromatic carbocycles. The maximum Gasteiger partial charge on any atom is 0.481 e. The Morgan fingerprint density at radius 2 is 1.66 bits per heavy atom. The molecule has 0 spiro atoms. The van der Waals surface area contributed by atoms with Crippen LogP contribution in [0.25, 0.3) is 0 Å². The van der Waals surface area contributed by atoms with Crippen molar-refractivity contribution in [1.29, 1.82) is 0 Å². The van der Waals surface area contributed by atoms with E-state index in [1.54, 1.807) is 27.7 Å². The summed E-state index contributed by atoms with van der Waals surface area (Å²) in [5, 5.41) is 5.80. The Hall–Kier alpha value is -2.14. The standard InChI is InChI=1S/C36H58BN3O7/c1-9-24(38-28(42)22(2)18-25(41)27(23-14-11-10-12-15-23)39-31(44)45-32(3,4)5)29(43)40-17-13-16-26(40)37-46-30-34(8,47-37)19-35-20-36(30,21-35)33(35,6)7/h22-24,26-27,30H,9-21H2,1-8H3,(H,38,42)(H,39,44)/t22?,24?,26?,27?,30?,34-,35?,36?/m0/s1. The molecule has 3 amide bonds. The number of carbonyl (C=O) groups is 4. The first-order valence-corrected chi connectivity index (χ1v) is 18.4. The molecule has 0 aromatic heterocycles. The number of ether oxygens (including phenoxy) is 1. The number of Topliss-reactive ketones (excluding diaryl/α,β-unsaturated/α-hetero) is 1. The van der Waals surface area contributed by atoms with E-state index in [2.05, 4.69) is 31.4 Å². The van der Waals surface area contributed by atoms with Gasteiger partial charge in [-0.15, -0.1) is 0 Å². The van der Waals surface area contributed by atoms with E-state index in [-0.39, 0.29) is 58.4 Å². The van der Waals surface area contributed by atoms with E-state index >= 15 is 0 Å². The van der Waals surface area contributed by atoms with Crippen LogP contribution in [0.15, 0.2) is 0 Å². The second-order valence-electron chi connectivity index (χ2n) is 17.7. The van der Waals surface area contributed by atoms with Crippen LogP contribution in [0.5, 0.6) is 0 Å². The third-order valence-electron chi connectivity index (χ3n) is 13.3. The van der Waals surface area contributed by atoms with Gasteiger partial charge in [-0.3, -0.25) is 14.4 Å². The van der Waals surface area contributed by atoms with Crippen LogP contribution in [0.3, 0.4) is 0 Å². The topological polar surface area (TPSA) is 123 Å². The van der Waals surface area contributed by atoms with Crippen molar-refractivity contribution in [2.75, 3.05) is 6.54 Å². The molecule has 2 heterocycles. The summed E-state index contributed by atoms with van der Waals surface area (Å²) in [5.74, 6) is -1.45. The van der Waals surface area contributed by atoms with Crippen molar-refractivity contribution in [2.24, 2.45) is 28.1 Å². The summed E-state index contributed by atoms with van der Waals surface area (Å²) in [4.78, 5) is 55.6. The highest BCUT2D eigenvalue weighted by Gasteiger charge is 2.89. The lowest BCUT2D eigenvalue weighted by atomic mass is 9.16. The molecule has 9 aliphatic rings. The summed E-state index contributed by atoms with van der Waals surface area (Å²) >= 11 is 0. The first kappa shape index (κ1) is 34.7. The van der Waals surface area contributed by atoms with Gasteiger partial charge in [0.05, 0.1) is 23.7 Å². The molecule has 7 saturated carbocycles. The zero-order valence-corrected chi connectivity index (χ0v) is 30.0. The summed E-state index contributed by atoms with van der Waals surface area (Å²) in [6, 6.07) is -1.40. The van der Waals surface area contributed by atoms with E-state index in [4.69, 9.17) is 14.0 Å². The maximum absolute atomic E-state index is 14.0. The number of alkyl carbamates (subject to hydrolysis) is 1. The van der Waals surface area contributed by atoms with Crippen molar-refractivity contribution in [1.82, 2.24) is 15.5 Å². The second kappa shape index (κ2) is 12.0. The molecule has 2 aliphatic heterocycles. The Labute approximate surface area is 281 Å². The van der Waals surface area contributed by atoms with E-state index in [0.29, 0.717) is 18.4 Å². The largest absolute Gasteiger partial charge is 0.481 e. The van der Waals surface area contributed by atoms with Gasteiger partial charge in [0.2, 0.25) is 11.8 Å². The van der Waals surface area contributed by atoms with E-state index in [1.165, 1.54) is 12.8 Å². The highest BCUT2D eigenvalue weighted by Crippen LogP contribution is 2.91. The normalized spacial score (nSPS) is 35.9. The van der Waals surface area contributed by atoms with Gasteiger partial charge in [0.15, 0.2) is 5.78 Å². The summed E-state index contributed by atoms with van der Waals surface area (Å²) in [6.07, 6.45) is 9.81. The number of nitrogens with one attached hydrogen (secondary N) is 2. The minimum atomic E-state index is -0.703. The van der Waals surface area contributed by atoms with Gasteiger partial charge in [0.25, 0.3) is 0 Å². The summed E-state index contributed by atoms with van der Waals surface area (Å²) in [5.41, 5.74) is -0.196. The van der Waals surface area contributed by atoms with Gasteiger partial charge in [0.1, 0.15) is 11.6 Å². The van der Waals surface area contributed by atoms with Crippen LogP contribution in [0, 0.1) is 28.1 Å². The molecule has 11 heteroatoms. The Balaban J connectivity index is 1.06. The van der Waals surface area contributed by atoms with Gasteiger partial charge in [0, 0.05) is 24.3 Å². The average molecular weight is 656 g/mol. The fourth-order valence-corrected chi connectivity index (χ4v) is 10.6. The van der Waals surface area contributed by atoms with Crippen LogP contribution in [0.2, 0.25) is 0 Å². The van der Waals surface area contributed by atoms with Crippen molar-refractivity contribution < 1.29 is 33.2 Å². The van der Waals surface area contributed by atoms with Crippen molar-refractivity contribution in [3.63, 3.8) is 0 Å². The van der Waals surface area contributed by atoms with Crippen LogP contribution in [0.1, 0.15) is 132 Å². The Morgan fingerprint density at radius 3 is 2.28 bits per heavy atom. The average Bonchev–Trinajstić information content (AvgIpc) is 3.62. The molecule has 5 unspecified atom stereocenters.